The Kier molecular flexibility index (Phi) is 2.74. The lowest BCUT2D eigenvalue weighted by atomic mass is 10.1. The van der Waals surface area contributed by atoms with Crippen molar-refractivity contribution in [3.05, 3.63) is 48.4 Å². The first kappa shape index (κ1) is 9.80. The van der Waals surface area contributed by atoms with Crippen molar-refractivity contribution >= 4 is 0 Å². The molecule has 2 N–H and O–H groups in total. The molecule has 0 aliphatic heterocycles. The van der Waals surface area contributed by atoms with Crippen molar-refractivity contribution in [2.24, 2.45) is 5.73 Å². The summed E-state index contributed by atoms with van der Waals surface area (Å²) in [7, 11) is 0. The van der Waals surface area contributed by atoms with E-state index in [0.717, 1.165) is 16.8 Å². The van der Waals surface area contributed by atoms with E-state index in [-0.39, 0.29) is 6.04 Å². The van der Waals surface area contributed by atoms with Gasteiger partial charge in [-0.15, -0.1) is 0 Å². The molecule has 0 radical (unpaired) electrons. The van der Waals surface area contributed by atoms with Crippen LogP contribution in [0, 0.1) is 0 Å². The molecule has 0 saturated carbocycles. The molecule has 2 rings (SSSR count). The number of benzene rings is 1. The van der Waals surface area contributed by atoms with Crippen LogP contribution >= 0.6 is 0 Å². The lowest BCUT2D eigenvalue weighted by Gasteiger charge is -2.06. The summed E-state index contributed by atoms with van der Waals surface area (Å²) in [4.78, 5) is 8.07. The monoisotopic (exact) mass is 199 g/mol. The Morgan fingerprint density at radius 1 is 1.13 bits per heavy atom. The van der Waals surface area contributed by atoms with Crippen LogP contribution in [0.25, 0.3) is 11.3 Å². The summed E-state index contributed by atoms with van der Waals surface area (Å²) >= 11 is 0. The van der Waals surface area contributed by atoms with Gasteiger partial charge in [-0.2, -0.15) is 0 Å². The average molecular weight is 199 g/mol. The van der Waals surface area contributed by atoms with Gasteiger partial charge in [-0.05, 0) is 18.6 Å². The summed E-state index contributed by atoms with van der Waals surface area (Å²) in [5, 5.41) is 0. The smallest absolute Gasteiger partial charge is 0.116 e. The van der Waals surface area contributed by atoms with Crippen LogP contribution in [-0.4, -0.2) is 9.97 Å². The van der Waals surface area contributed by atoms with Gasteiger partial charge in [-0.1, -0.05) is 24.3 Å². The summed E-state index contributed by atoms with van der Waals surface area (Å²) in [5.74, 6) is 0. The SMILES string of the molecule is CC(N)c1ccc(-c2ccncn2)cc1. The molecule has 0 amide bonds. The van der Waals surface area contributed by atoms with Gasteiger partial charge in [0.05, 0.1) is 5.69 Å². The third-order valence-corrected chi connectivity index (χ3v) is 2.31. The quantitative estimate of drug-likeness (QED) is 0.806. The van der Waals surface area contributed by atoms with E-state index in [0.29, 0.717) is 0 Å². The van der Waals surface area contributed by atoms with Crippen LogP contribution in [0.3, 0.4) is 0 Å². The highest BCUT2D eigenvalue weighted by Crippen LogP contribution is 2.18. The molecule has 0 fully saturated rings. The largest absolute Gasteiger partial charge is 0.324 e. The number of nitrogens with zero attached hydrogens (tertiary/aromatic N) is 2. The number of nitrogens with two attached hydrogens (primary N) is 1. The molecule has 15 heavy (non-hydrogen) atoms. The minimum Gasteiger partial charge on any atom is -0.324 e. The van der Waals surface area contributed by atoms with Gasteiger partial charge in [0.25, 0.3) is 0 Å². The van der Waals surface area contributed by atoms with E-state index in [4.69, 9.17) is 5.73 Å². The summed E-state index contributed by atoms with van der Waals surface area (Å²) < 4.78 is 0. The highest BCUT2D eigenvalue weighted by atomic mass is 14.8. The molecule has 0 spiro atoms. The van der Waals surface area contributed by atoms with E-state index in [1.807, 2.05) is 37.3 Å². The van der Waals surface area contributed by atoms with Crippen molar-refractivity contribution in [1.82, 2.24) is 9.97 Å². The summed E-state index contributed by atoms with van der Waals surface area (Å²) in [5.41, 5.74) is 8.93. The molecular weight excluding hydrogens is 186 g/mol. The number of aromatic nitrogens is 2. The first-order valence-electron chi connectivity index (χ1n) is 4.89. The molecule has 3 nitrogen and oxygen atoms in total. The standard InChI is InChI=1S/C12H13N3/c1-9(13)10-2-4-11(5-3-10)12-6-7-14-8-15-12/h2-9H,13H2,1H3. The Balaban J connectivity index is 2.32. The Bertz CT molecular complexity index is 420. The fourth-order valence-corrected chi connectivity index (χ4v) is 1.42. The molecule has 3 heteroatoms. The zero-order chi connectivity index (χ0) is 10.7. The Morgan fingerprint density at radius 3 is 2.40 bits per heavy atom. The Morgan fingerprint density at radius 2 is 1.87 bits per heavy atom. The van der Waals surface area contributed by atoms with Crippen molar-refractivity contribution in [3.8, 4) is 11.3 Å². The second-order valence-electron chi connectivity index (χ2n) is 3.51. The Hall–Kier alpha value is -1.74. The second-order valence-corrected chi connectivity index (χ2v) is 3.51. The van der Waals surface area contributed by atoms with E-state index in [1.165, 1.54) is 0 Å². The first-order chi connectivity index (χ1) is 7.27. The van der Waals surface area contributed by atoms with Crippen LogP contribution in [0.4, 0.5) is 0 Å². The van der Waals surface area contributed by atoms with Gasteiger partial charge in [-0.25, -0.2) is 9.97 Å². The molecule has 1 unspecified atom stereocenters. The van der Waals surface area contributed by atoms with Crippen LogP contribution in [0.5, 0.6) is 0 Å². The fourth-order valence-electron chi connectivity index (χ4n) is 1.42. The normalized spacial score (nSPS) is 12.4. The minimum atomic E-state index is 0.0736. The molecule has 76 valence electrons. The Labute approximate surface area is 89.0 Å². The van der Waals surface area contributed by atoms with Gasteiger partial charge >= 0.3 is 0 Å². The zero-order valence-electron chi connectivity index (χ0n) is 8.59. The highest BCUT2D eigenvalue weighted by Gasteiger charge is 2.01. The van der Waals surface area contributed by atoms with Crippen LogP contribution < -0.4 is 5.73 Å². The molecule has 1 atom stereocenters. The molecule has 2 aromatic rings. The summed E-state index contributed by atoms with van der Waals surface area (Å²) in [6.07, 6.45) is 3.29. The van der Waals surface area contributed by atoms with E-state index < -0.39 is 0 Å². The van der Waals surface area contributed by atoms with Crippen LogP contribution in [-0.2, 0) is 0 Å². The predicted molar refractivity (Wildman–Crippen MR) is 60.1 cm³/mol. The van der Waals surface area contributed by atoms with Crippen molar-refractivity contribution in [3.63, 3.8) is 0 Å². The third kappa shape index (κ3) is 2.19. The van der Waals surface area contributed by atoms with E-state index >= 15 is 0 Å². The number of hydrogen-bond acceptors (Lipinski definition) is 3. The maximum Gasteiger partial charge on any atom is 0.116 e. The fraction of sp³-hybridized carbons (Fsp3) is 0.167. The van der Waals surface area contributed by atoms with E-state index in [2.05, 4.69) is 9.97 Å². The second kappa shape index (κ2) is 4.19. The van der Waals surface area contributed by atoms with Crippen molar-refractivity contribution < 1.29 is 0 Å². The maximum absolute atomic E-state index is 5.78. The van der Waals surface area contributed by atoms with E-state index in [1.54, 1.807) is 12.5 Å². The summed E-state index contributed by atoms with van der Waals surface area (Å²) in [6.45, 7) is 1.97. The predicted octanol–water partition coefficient (Wildman–Crippen LogP) is 2.16. The summed E-state index contributed by atoms with van der Waals surface area (Å²) in [6, 6.07) is 10.1. The molecule has 1 aromatic carbocycles. The molecule has 1 heterocycles. The molecule has 0 saturated heterocycles. The molecule has 1 aromatic heterocycles. The first-order valence-corrected chi connectivity index (χ1v) is 4.89. The van der Waals surface area contributed by atoms with Crippen LogP contribution in [0.1, 0.15) is 18.5 Å². The van der Waals surface area contributed by atoms with Gasteiger partial charge < -0.3 is 5.73 Å². The minimum absolute atomic E-state index is 0.0736. The van der Waals surface area contributed by atoms with Gasteiger partial charge in [0.2, 0.25) is 0 Å². The van der Waals surface area contributed by atoms with Gasteiger partial charge in [-0.3, -0.25) is 0 Å². The zero-order valence-corrected chi connectivity index (χ0v) is 8.59. The lowest BCUT2D eigenvalue weighted by molar-refractivity contribution is 0.818. The number of rotatable bonds is 2. The molecule has 0 bridgehead atoms. The van der Waals surface area contributed by atoms with Crippen molar-refractivity contribution in [2.75, 3.05) is 0 Å². The molecule has 0 aliphatic carbocycles. The maximum atomic E-state index is 5.78. The molecule has 0 aliphatic rings. The van der Waals surface area contributed by atoms with E-state index in [9.17, 15) is 0 Å². The lowest BCUT2D eigenvalue weighted by Crippen LogP contribution is -2.04. The topological polar surface area (TPSA) is 51.8 Å². The van der Waals surface area contributed by atoms with Crippen LogP contribution in [0.2, 0.25) is 0 Å². The third-order valence-electron chi connectivity index (χ3n) is 2.31. The van der Waals surface area contributed by atoms with Gasteiger partial charge in [0, 0.05) is 17.8 Å². The van der Waals surface area contributed by atoms with Gasteiger partial charge in [0.1, 0.15) is 6.33 Å². The average Bonchev–Trinajstić information content (AvgIpc) is 2.30. The number of hydrogen-bond donors (Lipinski definition) is 1. The van der Waals surface area contributed by atoms with Crippen molar-refractivity contribution in [1.29, 1.82) is 0 Å². The highest BCUT2D eigenvalue weighted by molar-refractivity contribution is 5.58. The van der Waals surface area contributed by atoms with Gasteiger partial charge in [0.15, 0.2) is 0 Å². The van der Waals surface area contributed by atoms with Crippen molar-refractivity contribution in [2.45, 2.75) is 13.0 Å². The molecular formula is C12H13N3. The van der Waals surface area contributed by atoms with Crippen LogP contribution in [0.15, 0.2) is 42.9 Å².